The zero-order valence-electron chi connectivity index (χ0n) is 20.4. The molecule has 2 fully saturated rings. The molecule has 6 rings (SSSR count). The molecule has 3 heterocycles. The summed E-state index contributed by atoms with van der Waals surface area (Å²) in [5, 5.41) is 4.05. The monoisotopic (exact) mass is 536 g/mol. The zero-order valence-corrected chi connectivity index (χ0v) is 21.2. The van der Waals surface area contributed by atoms with Crippen LogP contribution in [0.2, 0.25) is 0 Å². The number of benzene rings is 3. The van der Waals surface area contributed by atoms with Crippen LogP contribution in [0.15, 0.2) is 59.5 Å². The molecule has 2 saturated heterocycles. The minimum Gasteiger partial charge on any atom is -0.367 e. The number of halogens is 1. The average Bonchev–Trinajstić information content (AvgIpc) is 3.22. The van der Waals surface area contributed by atoms with Crippen LogP contribution < -0.4 is 10.2 Å². The van der Waals surface area contributed by atoms with E-state index in [1.807, 2.05) is 24.3 Å². The van der Waals surface area contributed by atoms with Crippen LogP contribution >= 0.6 is 0 Å². The maximum absolute atomic E-state index is 15.2. The number of rotatable bonds is 4. The van der Waals surface area contributed by atoms with Crippen LogP contribution in [-0.4, -0.2) is 67.6 Å². The highest BCUT2D eigenvalue weighted by Crippen LogP contribution is 2.33. The van der Waals surface area contributed by atoms with Crippen molar-refractivity contribution in [3.63, 3.8) is 0 Å². The Morgan fingerprint density at radius 1 is 0.895 bits per heavy atom. The minimum absolute atomic E-state index is 0.141. The summed E-state index contributed by atoms with van der Waals surface area (Å²) in [7, 11) is -3.72. The van der Waals surface area contributed by atoms with Crippen molar-refractivity contribution in [2.45, 2.75) is 30.3 Å². The Morgan fingerprint density at radius 2 is 1.63 bits per heavy atom. The van der Waals surface area contributed by atoms with Crippen molar-refractivity contribution >= 4 is 44.2 Å². The molecule has 0 spiro atoms. The number of hydrogen-bond acceptors (Lipinski definition) is 6. The van der Waals surface area contributed by atoms with E-state index in [2.05, 4.69) is 5.32 Å². The fourth-order valence-corrected chi connectivity index (χ4v) is 6.92. The number of amides is 3. The van der Waals surface area contributed by atoms with Gasteiger partial charge in [0, 0.05) is 44.7 Å². The molecule has 1 atom stereocenters. The molecule has 1 unspecified atom stereocenters. The lowest BCUT2D eigenvalue weighted by Crippen LogP contribution is -2.52. The molecule has 0 aliphatic carbocycles. The van der Waals surface area contributed by atoms with Crippen molar-refractivity contribution in [3.05, 3.63) is 71.5 Å². The fraction of sp³-hybridized carbons (Fsp3) is 0.296. The fourth-order valence-electron chi connectivity index (χ4n) is 5.46. The largest absolute Gasteiger partial charge is 0.367 e. The van der Waals surface area contributed by atoms with Crippen molar-refractivity contribution in [1.82, 2.24) is 14.5 Å². The molecule has 196 valence electrons. The van der Waals surface area contributed by atoms with Crippen molar-refractivity contribution in [1.29, 1.82) is 0 Å². The van der Waals surface area contributed by atoms with E-state index in [0.29, 0.717) is 11.3 Å². The van der Waals surface area contributed by atoms with Crippen LogP contribution in [0.3, 0.4) is 0 Å². The summed E-state index contributed by atoms with van der Waals surface area (Å²) in [6.45, 7) is 1.09. The average molecular weight is 537 g/mol. The van der Waals surface area contributed by atoms with Gasteiger partial charge in [0.15, 0.2) is 0 Å². The summed E-state index contributed by atoms with van der Waals surface area (Å²) < 4.78 is 43.2. The number of carbonyl (C=O) groups excluding carboxylic acids is 3. The van der Waals surface area contributed by atoms with Gasteiger partial charge in [-0.25, -0.2) is 12.8 Å². The predicted octanol–water partition coefficient (Wildman–Crippen LogP) is 2.25. The Hall–Kier alpha value is -3.83. The topological polar surface area (TPSA) is 107 Å². The molecule has 11 heteroatoms. The number of piperidine rings is 1. The van der Waals surface area contributed by atoms with Gasteiger partial charge in [0.2, 0.25) is 21.8 Å². The van der Waals surface area contributed by atoms with Crippen molar-refractivity contribution in [3.8, 4) is 0 Å². The van der Waals surface area contributed by atoms with Gasteiger partial charge in [-0.3, -0.25) is 19.7 Å². The number of hydrogen-bond donors (Lipinski definition) is 1. The summed E-state index contributed by atoms with van der Waals surface area (Å²) >= 11 is 0. The van der Waals surface area contributed by atoms with Gasteiger partial charge < -0.3 is 9.80 Å². The van der Waals surface area contributed by atoms with E-state index >= 15 is 4.39 Å². The lowest BCUT2D eigenvalue weighted by molar-refractivity contribution is -0.136. The minimum atomic E-state index is -3.72. The molecule has 3 aliphatic rings. The van der Waals surface area contributed by atoms with Crippen LogP contribution in [0.25, 0.3) is 10.8 Å². The second-order valence-electron chi connectivity index (χ2n) is 9.76. The van der Waals surface area contributed by atoms with Gasteiger partial charge >= 0.3 is 0 Å². The van der Waals surface area contributed by atoms with Crippen molar-refractivity contribution in [2.24, 2.45) is 0 Å². The number of fused-ring (bicyclic) bond motifs is 2. The number of imide groups is 1. The number of sulfonamides is 1. The Bertz CT molecular complexity index is 1600. The van der Waals surface area contributed by atoms with E-state index in [4.69, 9.17) is 0 Å². The molecule has 3 amide bonds. The lowest BCUT2D eigenvalue weighted by atomic mass is 10.0. The second kappa shape index (κ2) is 9.17. The SMILES string of the molecule is O=C1CCC(N2Cc3cc(N4CCN(S(=O)(=O)c5ccc6ccccc6c5)CC4)c(F)cc3C2=O)C(=O)N1. The molecule has 1 N–H and O–H groups in total. The summed E-state index contributed by atoms with van der Waals surface area (Å²) in [5.41, 5.74) is 1.10. The highest BCUT2D eigenvalue weighted by atomic mass is 32.2. The van der Waals surface area contributed by atoms with Gasteiger partial charge in [0.1, 0.15) is 11.9 Å². The van der Waals surface area contributed by atoms with Gasteiger partial charge in [-0.05, 0) is 47.0 Å². The first-order chi connectivity index (χ1) is 18.2. The Balaban J connectivity index is 1.18. The molecule has 0 radical (unpaired) electrons. The Kier molecular flexibility index (Phi) is 5.92. The smallest absolute Gasteiger partial charge is 0.255 e. The molecular formula is C27H25FN4O5S. The number of piperazine rings is 1. The van der Waals surface area contributed by atoms with Gasteiger partial charge in [-0.1, -0.05) is 30.3 Å². The quantitative estimate of drug-likeness (QED) is 0.513. The van der Waals surface area contributed by atoms with E-state index in [1.165, 1.54) is 15.3 Å². The van der Waals surface area contributed by atoms with Crippen LogP contribution in [0, 0.1) is 5.82 Å². The third kappa shape index (κ3) is 4.11. The maximum Gasteiger partial charge on any atom is 0.255 e. The molecule has 3 aliphatic heterocycles. The maximum atomic E-state index is 15.2. The van der Waals surface area contributed by atoms with Gasteiger partial charge in [0.05, 0.1) is 10.6 Å². The van der Waals surface area contributed by atoms with Crippen LogP contribution in [0.4, 0.5) is 10.1 Å². The second-order valence-corrected chi connectivity index (χ2v) is 11.7. The summed E-state index contributed by atoms with van der Waals surface area (Å²) in [6.07, 6.45) is 0.371. The van der Waals surface area contributed by atoms with Gasteiger partial charge in [-0.15, -0.1) is 0 Å². The molecule has 0 bridgehead atoms. The van der Waals surface area contributed by atoms with Gasteiger partial charge in [-0.2, -0.15) is 4.31 Å². The summed E-state index contributed by atoms with van der Waals surface area (Å²) in [5.74, 6) is -1.91. The van der Waals surface area contributed by atoms with Crippen molar-refractivity contribution in [2.75, 3.05) is 31.1 Å². The molecule has 0 saturated carbocycles. The molecule has 0 aromatic heterocycles. The van der Waals surface area contributed by atoms with E-state index in [0.717, 1.165) is 10.8 Å². The first-order valence-corrected chi connectivity index (χ1v) is 13.9. The first-order valence-electron chi connectivity index (χ1n) is 12.4. The third-order valence-corrected chi connectivity index (χ3v) is 9.42. The van der Waals surface area contributed by atoms with E-state index in [1.54, 1.807) is 29.2 Å². The molecule has 38 heavy (non-hydrogen) atoms. The normalized spacial score (nSPS) is 20.7. The third-order valence-electron chi connectivity index (χ3n) is 7.53. The molecule has 9 nitrogen and oxygen atoms in total. The van der Waals surface area contributed by atoms with Gasteiger partial charge in [0.25, 0.3) is 5.91 Å². The zero-order chi connectivity index (χ0) is 26.6. The first kappa shape index (κ1) is 24.5. The highest BCUT2D eigenvalue weighted by molar-refractivity contribution is 7.89. The number of anilines is 1. The van der Waals surface area contributed by atoms with Crippen LogP contribution in [0.5, 0.6) is 0 Å². The molecule has 3 aromatic carbocycles. The number of nitrogens with one attached hydrogen (secondary N) is 1. The standard InChI is InChI=1S/C27H25FN4O5S/c28-22-15-21-19(16-32(27(21)35)23-7-8-25(33)29-26(23)34)14-24(22)30-9-11-31(12-10-30)38(36,37)20-6-5-17-3-1-2-4-18(17)13-20/h1-6,13-15,23H,7-12,16H2,(H,29,33,34). The highest BCUT2D eigenvalue weighted by Gasteiger charge is 2.40. The Labute approximate surface area is 218 Å². The number of nitrogens with zero attached hydrogens (tertiary/aromatic N) is 3. The van der Waals surface area contributed by atoms with Crippen LogP contribution in [-0.2, 0) is 26.2 Å². The van der Waals surface area contributed by atoms with E-state index in [9.17, 15) is 22.8 Å². The van der Waals surface area contributed by atoms with E-state index in [-0.39, 0.29) is 61.9 Å². The molecule has 3 aromatic rings. The van der Waals surface area contributed by atoms with E-state index < -0.39 is 33.7 Å². The lowest BCUT2D eigenvalue weighted by Gasteiger charge is -2.35. The predicted molar refractivity (Wildman–Crippen MR) is 137 cm³/mol. The number of carbonyl (C=O) groups is 3. The summed E-state index contributed by atoms with van der Waals surface area (Å²) in [4.78, 5) is 40.1. The van der Waals surface area contributed by atoms with Crippen molar-refractivity contribution < 1.29 is 27.2 Å². The summed E-state index contributed by atoms with van der Waals surface area (Å²) in [6, 6.07) is 14.6. The Morgan fingerprint density at radius 3 is 2.37 bits per heavy atom. The van der Waals surface area contributed by atoms with Crippen LogP contribution in [0.1, 0.15) is 28.8 Å². The molecular weight excluding hydrogens is 511 g/mol.